The van der Waals surface area contributed by atoms with Crippen molar-refractivity contribution in [2.24, 2.45) is 0 Å². The normalized spacial score (nSPS) is 12.9. The predicted molar refractivity (Wildman–Crippen MR) is 89.7 cm³/mol. The van der Waals surface area contributed by atoms with Gasteiger partial charge in [-0.3, -0.25) is 9.67 Å². The zero-order valence-electron chi connectivity index (χ0n) is 12.5. The molecule has 2 heterocycles. The predicted octanol–water partition coefficient (Wildman–Crippen LogP) is 4.36. The van der Waals surface area contributed by atoms with E-state index in [-0.39, 0.29) is 12.1 Å². The Bertz CT molecular complexity index is 580. The van der Waals surface area contributed by atoms with Gasteiger partial charge in [-0.1, -0.05) is 18.5 Å². The Morgan fingerprint density at radius 3 is 2.67 bits per heavy atom. The lowest BCUT2D eigenvalue weighted by atomic mass is 10.1. The summed E-state index contributed by atoms with van der Waals surface area (Å²) in [6.45, 7) is 7.29. The van der Waals surface area contributed by atoms with Crippen LogP contribution in [0.5, 0.6) is 0 Å². The zero-order chi connectivity index (χ0) is 15.4. The molecular formula is C15H20BrClN4. The lowest BCUT2D eigenvalue weighted by Gasteiger charge is -2.22. The van der Waals surface area contributed by atoms with E-state index in [1.165, 1.54) is 0 Å². The molecule has 0 aliphatic carbocycles. The van der Waals surface area contributed by atoms with E-state index in [2.05, 4.69) is 52.1 Å². The summed E-state index contributed by atoms with van der Waals surface area (Å²) in [5, 5.41) is 8.65. The molecule has 0 saturated heterocycles. The third-order valence-corrected chi connectivity index (χ3v) is 4.03. The van der Waals surface area contributed by atoms with Crippen molar-refractivity contribution in [2.75, 3.05) is 6.54 Å². The molecular weight excluding hydrogens is 352 g/mol. The number of rotatable bonds is 6. The first-order valence-electron chi connectivity index (χ1n) is 7.12. The number of halogens is 2. The summed E-state index contributed by atoms with van der Waals surface area (Å²) in [5.74, 6) is 0. The van der Waals surface area contributed by atoms with Crippen LogP contribution in [0.15, 0.2) is 29.0 Å². The van der Waals surface area contributed by atoms with E-state index < -0.39 is 0 Å². The maximum atomic E-state index is 5.95. The van der Waals surface area contributed by atoms with Crippen molar-refractivity contribution in [1.29, 1.82) is 0 Å². The van der Waals surface area contributed by atoms with Crippen LogP contribution in [0, 0.1) is 0 Å². The van der Waals surface area contributed by atoms with Gasteiger partial charge >= 0.3 is 0 Å². The molecule has 2 aromatic rings. The number of pyridine rings is 1. The Hall–Kier alpha value is -0.910. The highest BCUT2D eigenvalue weighted by molar-refractivity contribution is 9.10. The van der Waals surface area contributed by atoms with Gasteiger partial charge in [-0.15, -0.1) is 0 Å². The summed E-state index contributed by atoms with van der Waals surface area (Å²) in [5.41, 5.74) is 2.03. The molecule has 0 bridgehead atoms. The molecule has 1 unspecified atom stereocenters. The van der Waals surface area contributed by atoms with Crippen LogP contribution in [0.2, 0.25) is 5.02 Å². The lowest BCUT2D eigenvalue weighted by molar-refractivity contribution is 0.467. The van der Waals surface area contributed by atoms with Gasteiger partial charge < -0.3 is 5.32 Å². The third-order valence-electron chi connectivity index (χ3n) is 3.19. The fourth-order valence-corrected chi connectivity index (χ4v) is 2.83. The van der Waals surface area contributed by atoms with E-state index in [1.54, 1.807) is 6.20 Å². The largest absolute Gasteiger partial charge is 0.304 e. The molecule has 0 aliphatic rings. The monoisotopic (exact) mass is 370 g/mol. The summed E-state index contributed by atoms with van der Waals surface area (Å²) in [6.07, 6.45) is 4.57. The van der Waals surface area contributed by atoms with Crippen LogP contribution in [0.4, 0.5) is 0 Å². The van der Waals surface area contributed by atoms with Gasteiger partial charge in [-0.25, -0.2) is 0 Å². The summed E-state index contributed by atoms with van der Waals surface area (Å²) in [7, 11) is 0. The molecule has 1 atom stereocenters. The molecule has 2 aromatic heterocycles. The fourth-order valence-electron chi connectivity index (χ4n) is 2.22. The smallest absolute Gasteiger partial charge is 0.0933 e. The summed E-state index contributed by atoms with van der Waals surface area (Å²) in [6, 6.07) is 4.10. The molecule has 0 spiro atoms. The Labute approximate surface area is 139 Å². The molecule has 21 heavy (non-hydrogen) atoms. The van der Waals surface area contributed by atoms with Crippen molar-refractivity contribution >= 4 is 27.5 Å². The molecule has 6 heteroatoms. The van der Waals surface area contributed by atoms with Gasteiger partial charge in [0.15, 0.2) is 0 Å². The highest BCUT2D eigenvalue weighted by Crippen LogP contribution is 2.30. The first-order chi connectivity index (χ1) is 10.0. The van der Waals surface area contributed by atoms with E-state index in [9.17, 15) is 0 Å². The van der Waals surface area contributed by atoms with Crippen molar-refractivity contribution in [1.82, 2.24) is 20.1 Å². The van der Waals surface area contributed by atoms with E-state index in [1.807, 2.05) is 23.0 Å². The number of hydrogen-bond donors (Lipinski definition) is 1. The van der Waals surface area contributed by atoms with Crippen molar-refractivity contribution < 1.29 is 0 Å². The van der Waals surface area contributed by atoms with Gasteiger partial charge in [0.2, 0.25) is 0 Å². The average molecular weight is 372 g/mol. The first kappa shape index (κ1) is 16.5. The third kappa shape index (κ3) is 3.84. The second-order valence-electron chi connectivity index (χ2n) is 5.20. The van der Waals surface area contributed by atoms with Crippen LogP contribution < -0.4 is 5.32 Å². The maximum absolute atomic E-state index is 5.95. The molecule has 114 valence electrons. The summed E-state index contributed by atoms with van der Waals surface area (Å²) in [4.78, 5) is 4.47. The molecule has 1 N–H and O–H groups in total. The minimum atomic E-state index is -0.0125. The van der Waals surface area contributed by atoms with Crippen molar-refractivity contribution in [2.45, 2.75) is 39.3 Å². The van der Waals surface area contributed by atoms with E-state index in [4.69, 9.17) is 11.6 Å². The SMILES string of the molecule is CCCNC(c1ccc(Cl)cn1)c1c(Br)cnn1C(C)C. The zero-order valence-corrected chi connectivity index (χ0v) is 14.8. The van der Waals surface area contributed by atoms with Gasteiger partial charge in [0.1, 0.15) is 0 Å². The van der Waals surface area contributed by atoms with Crippen LogP contribution in [-0.2, 0) is 0 Å². The number of aromatic nitrogens is 3. The van der Waals surface area contributed by atoms with Crippen molar-refractivity contribution in [3.8, 4) is 0 Å². The summed E-state index contributed by atoms with van der Waals surface area (Å²) >= 11 is 9.56. The Morgan fingerprint density at radius 1 is 1.33 bits per heavy atom. The van der Waals surface area contributed by atoms with Crippen molar-refractivity contribution in [3.63, 3.8) is 0 Å². The molecule has 0 aliphatic heterocycles. The molecule has 0 amide bonds. The molecule has 0 saturated carbocycles. The Balaban J connectivity index is 2.45. The minimum Gasteiger partial charge on any atom is -0.304 e. The molecule has 2 rings (SSSR count). The number of nitrogens with zero attached hydrogens (tertiary/aromatic N) is 3. The van der Waals surface area contributed by atoms with Gasteiger partial charge in [-0.2, -0.15) is 5.10 Å². The van der Waals surface area contributed by atoms with Crippen LogP contribution in [-0.4, -0.2) is 21.3 Å². The van der Waals surface area contributed by atoms with Crippen LogP contribution in [0.3, 0.4) is 0 Å². The summed E-state index contributed by atoms with van der Waals surface area (Å²) < 4.78 is 3.01. The fraction of sp³-hybridized carbons (Fsp3) is 0.467. The Morgan fingerprint density at radius 2 is 2.10 bits per heavy atom. The number of nitrogens with one attached hydrogen (secondary N) is 1. The maximum Gasteiger partial charge on any atom is 0.0933 e. The minimum absolute atomic E-state index is 0.0125. The van der Waals surface area contributed by atoms with Gasteiger partial charge in [-0.05, 0) is 54.9 Å². The standard InChI is InChI=1S/C15H20BrClN4/c1-4-7-18-14(13-6-5-11(17)8-19-13)15-12(16)9-20-21(15)10(2)3/h5-6,8-10,14,18H,4,7H2,1-3H3. The highest BCUT2D eigenvalue weighted by Gasteiger charge is 2.23. The highest BCUT2D eigenvalue weighted by atomic mass is 79.9. The molecule has 4 nitrogen and oxygen atoms in total. The first-order valence-corrected chi connectivity index (χ1v) is 8.29. The van der Waals surface area contributed by atoms with Crippen LogP contribution in [0.25, 0.3) is 0 Å². The Kier molecular flexibility index (Phi) is 5.79. The molecule has 0 aromatic carbocycles. The topological polar surface area (TPSA) is 42.7 Å². The molecule has 0 fully saturated rings. The van der Waals surface area contributed by atoms with Crippen LogP contribution >= 0.6 is 27.5 Å². The van der Waals surface area contributed by atoms with Gasteiger partial charge in [0, 0.05) is 12.2 Å². The molecule has 0 radical (unpaired) electrons. The van der Waals surface area contributed by atoms with Gasteiger partial charge in [0.25, 0.3) is 0 Å². The van der Waals surface area contributed by atoms with E-state index in [0.717, 1.165) is 28.8 Å². The average Bonchev–Trinajstić information content (AvgIpc) is 2.83. The quantitative estimate of drug-likeness (QED) is 0.820. The number of hydrogen-bond acceptors (Lipinski definition) is 3. The lowest BCUT2D eigenvalue weighted by Crippen LogP contribution is -2.27. The van der Waals surface area contributed by atoms with E-state index >= 15 is 0 Å². The van der Waals surface area contributed by atoms with Crippen molar-refractivity contribution in [3.05, 3.63) is 45.4 Å². The second-order valence-corrected chi connectivity index (χ2v) is 6.50. The van der Waals surface area contributed by atoms with E-state index in [0.29, 0.717) is 5.02 Å². The van der Waals surface area contributed by atoms with Gasteiger partial charge in [0.05, 0.1) is 33.1 Å². The van der Waals surface area contributed by atoms with Crippen LogP contribution in [0.1, 0.15) is 50.7 Å². The second kappa shape index (κ2) is 7.38.